The van der Waals surface area contributed by atoms with Crippen LogP contribution in [0.15, 0.2) is 18.2 Å². The largest absolute Gasteiger partial charge is 0.486 e. The first kappa shape index (κ1) is 13.2. The van der Waals surface area contributed by atoms with Gasteiger partial charge >= 0.3 is 0 Å². The van der Waals surface area contributed by atoms with Crippen LogP contribution in [0.2, 0.25) is 0 Å². The van der Waals surface area contributed by atoms with Crippen LogP contribution in [0, 0.1) is 5.92 Å². The predicted molar refractivity (Wildman–Crippen MR) is 75.3 cm³/mol. The van der Waals surface area contributed by atoms with Crippen LogP contribution in [0.3, 0.4) is 0 Å². The van der Waals surface area contributed by atoms with Crippen molar-refractivity contribution in [2.75, 3.05) is 26.3 Å². The van der Waals surface area contributed by atoms with Crippen molar-refractivity contribution < 1.29 is 14.3 Å². The molecule has 1 aromatic carbocycles. The number of carbonyl (C=O) groups excluding carboxylic acids is 1. The maximum Gasteiger partial charge on any atom is 0.255 e. The van der Waals surface area contributed by atoms with Gasteiger partial charge in [-0.15, -0.1) is 0 Å². The first-order valence-electron chi connectivity index (χ1n) is 7.14. The molecule has 2 N–H and O–H groups in total. The smallest absolute Gasteiger partial charge is 0.255 e. The van der Waals surface area contributed by atoms with E-state index in [1.165, 1.54) is 0 Å². The highest BCUT2D eigenvalue weighted by Crippen LogP contribution is 2.33. The fraction of sp³-hybridized carbons (Fsp3) is 0.533. The topological polar surface area (TPSA) is 59.6 Å². The highest BCUT2D eigenvalue weighted by molar-refractivity contribution is 5.98. The number of benzene rings is 1. The SMILES string of the molecule is CC1CNCC(NC(=O)c2cccc3c2OCCO3)C1. The van der Waals surface area contributed by atoms with Crippen molar-refractivity contribution in [1.29, 1.82) is 0 Å². The Morgan fingerprint density at radius 3 is 3.00 bits per heavy atom. The lowest BCUT2D eigenvalue weighted by molar-refractivity contribution is 0.0914. The molecule has 2 atom stereocenters. The van der Waals surface area contributed by atoms with Crippen LogP contribution < -0.4 is 20.1 Å². The minimum absolute atomic E-state index is 0.0896. The van der Waals surface area contributed by atoms with E-state index in [0.29, 0.717) is 36.2 Å². The summed E-state index contributed by atoms with van der Waals surface area (Å²) in [7, 11) is 0. The lowest BCUT2D eigenvalue weighted by Crippen LogP contribution is -2.48. The van der Waals surface area contributed by atoms with Gasteiger partial charge in [-0.05, 0) is 31.0 Å². The van der Waals surface area contributed by atoms with Crippen molar-refractivity contribution in [2.24, 2.45) is 5.92 Å². The van der Waals surface area contributed by atoms with Gasteiger partial charge in [0.25, 0.3) is 5.91 Å². The zero-order valence-electron chi connectivity index (χ0n) is 11.6. The molecule has 0 aromatic heterocycles. The van der Waals surface area contributed by atoms with E-state index in [0.717, 1.165) is 19.5 Å². The van der Waals surface area contributed by atoms with Crippen LogP contribution in [0.4, 0.5) is 0 Å². The summed E-state index contributed by atoms with van der Waals surface area (Å²) in [6.07, 6.45) is 1.01. The molecule has 0 bridgehead atoms. The lowest BCUT2D eigenvalue weighted by Gasteiger charge is -2.29. The second-order valence-electron chi connectivity index (χ2n) is 5.50. The molecule has 1 aromatic rings. The molecule has 2 unspecified atom stereocenters. The number of nitrogens with one attached hydrogen (secondary N) is 2. The molecule has 2 aliphatic heterocycles. The number of piperidine rings is 1. The minimum atomic E-state index is -0.0896. The van der Waals surface area contributed by atoms with Gasteiger partial charge < -0.3 is 20.1 Å². The van der Waals surface area contributed by atoms with E-state index in [-0.39, 0.29) is 11.9 Å². The molecular formula is C15H20N2O3. The van der Waals surface area contributed by atoms with Crippen molar-refractivity contribution in [2.45, 2.75) is 19.4 Å². The summed E-state index contributed by atoms with van der Waals surface area (Å²) in [5.41, 5.74) is 0.556. The van der Waals surface area contributed by atoms with E-state index >= 15 is 0 Å². The molecule has 5 nitrogen and oxygen atoms in total. The van der Waals surface area contributed by atoms with Gasteiger partial charge in [-0.3, -0.25) is 4.79 Å². The molecule has 0 aliphatic carbocycles. The molecule has 0 spiro atoms. The predicted octanol–water partition coefficient (Wildman–Crippen LogP) is 1.19. The summed E-state index contributed by atoms with van der Waals surface area (Å²) in [6.45, 7) is 5.04. The first-order valence-corrected chi connectivity index (χ1v) is 7.14. The second-order valence-corrected chi connectivity index (χ2v) is 5.50. The summed E-state index contributed by atoms with van der Waals surface area (Å²) >= 11 is 0. The van der Waals surface area contributed by atoms with Crippen LogP contribution in [0.1, 0.15) is 23.7 Å². The van der Waals surface area contributed by atoms with Gasteiger partial charge in [-0.25, -0.2) is 0 Å². The van der Waals surface area contributed by atoms with Crippen molar-refractivity contribution in [3.63, 3.8) is 0 Å². The number of amides is 1. The minimum Gasteiger partial charge on any atom is -0.486 e. The van der Waals surface area contributed by atoms with E-state index in [4.69, 9.17) is 9.47 Å². The molecule has 0 radical (unpaired) electrons. The Morgan fingerprint density at radius 2 is 2.15 bits per heavy atom. The molecule has 1 fully saturated rings. The summed E-state index contributed by atoms with van der Waals surface area (Å²) < 4.78 is 11.1. The lowest BCUT2D eigenvalue weighted by atomic mass is 9.97. The van der Waals surface area contributed by atoms with Crippen LogP contribution in [-0.2, 0) is 0 Å². The van der Waals surface area contributed by atoms with Gasteiger partial charge in [0.15, 0.2) is 11.5 Å². The third-order valence-electron chi connectivity index (χ3n) is 3.72. The monoisotopic (exact) mass is 276 g/mol. The van der Waals surface area contributed by atoms with E-state index < -0.39 is 0 Å². The normalized spacial score (nSPS) is 25.1. The second kappa shape index (κ2) is 5.71. The van der Waals surface area contributed by atoms with Crippen molar-refractivity contribution in [3.8, 4) is 11.5 Å². The molecule has 2 aliphatic rings. The number of carbonyl (C=O) groups is 1. The third kappa shape index (κ3) is 2.72. The Labute approximate surface area is 118 Å². The molecule has 0 saturated carbocycles. The van der Waals surface area contributed by atoms with Crippen molar-refractivity contribution in [1.82, 2.24) is 10.6 Å². The fourth-order valence-electron chi connectivity index (χ4n) is 2.78. The van der Waals surface area contributed by atoms with E-state index in [2.05, 4.69) is 17.6 Å². The fourth-order valence-corrected chi connectivity index (χ4v) is 2.78. The summed E-state index contributed by atoms with van der Waals surface area (Å²) in [5.74, 6) is 1.71. The molecular weight excluding hydrogens is 256 g/mol. The van der Waals surface area contributed by atoms with Gasteiger partial charge in [0.1, 0.15) is 13.2 Å². The number of fused-ring (bicyclic) bond motifs is 1. The maximum atomic E-state index is 12.4. The Kier molecular flexibility index (Phi) is 3.78. The van der Waals surface area contributed by atoms with Gasteiger partial charge in [-0.1, -0.05) is 13.0 Å². The molecule has 3 rings (SSSR count). The number of hydrogen-bond donors (Lipinski definition) is 2. The standard InChI is InChI=1S/C15H20N2O3/c1-10-7-11(9-16-8-10)17-15(18)12-3-2-4-13-14(12)20-6-5-19-13/h2-4,10-11,16H,5-9H2,1H3,(H,17,18). The highest BCUT2D eigenvalue weighted by atomic mass is 16.6. The molecule has 20 heavy (non-hydrogen) atoms. The van der Waals surface area contributed by atoms with Crippen molar-refractivity contribution in [3.05, 3.63) is 23.8 Å². The molecule has 108 valence electrons. The third-order valence-corrected chi connectivity index (χ3v) is 3.72. The van der Waals surface area contributed by atoms with Crippen LogP contribution in [0.25, 0.3) is 0 Å². The average Bonchev–Trinajstić information content (AvgIpc) is 2.46. The van der Waals surface area contributed by atoms with Crippen LogP contribution in [0.5, 0.6) is 11.5 Å². The number of para-hydroxylation sites is 1. The molecule has 1 saturated heterocycles. The quantitative estimate of drug-likeness (QED) is 0.852. The maximum absolute atomic E-state index is 12.4. The number of rotatable bonds is 2. The number of hydrogen-bond acceptors (Lipinski definition) is 4. The average molecular weight is 276 g/mol. The van der Waals surface area contributed by atoms with E-state index in [9.17, 15) is 4.79 Å². The van der Waals surface area contributed by atoms with Gasteiger partial charge in [0.05, 0.1) is 5.56 Å². The van der Waals surface area contributed by atoms with E-state index in [1.54, 1.807) is 6.07 Å². The first-order chi connectivity index (χ1) is 9.74. The van der Waals surface area contributed by atoms with Gasteiger partial charge in [-0.2, -0.15) is 0 Å². The zero-order chi connectivity index (χ0) is 13.9. The van der Waals surface area contributed by atoms with E-state index in [1.807, 2.05) is 12.1 Å². The highest BCUT2D eigenvalue weighted by Gasteiger charge is 2.24. The summed E-state index contributed by atoms with van der Waals surface area (Å²) in [5, 5.41) is 6.41. The Balaban J connectivity index is 1.74. The summed E-state index contributed by atoms with van der Waals surface area (Å²) in [6, 6.07) is 5.61. The van der Waals surface area contributed by atoms with Crippen molar-refractivity contribution >= 4 is 5.91 Å². The van der Waals surface area contributed by atoms with Gasteiger partial charge in [0, 0.05) is 12.6 Å². The molecule has 1 amide bonds. The van der Waals surface area contributed by atoms with Gasteiger partial charge in [0.2, 0.25) is 0 Å². The van der Waals surface area contributed by atoms with Crippen LogP contribution >= 0.6 is 0 Å². The molecule has 2 heterocycles. The summed E-state index contributed by atoms with van der Waals surface area (Å²) in [4.78, 5) is 12.4. The number of ether oxygens (including phenoxy) is 2. The Bertz CT molecular complexity index is 504. The zero-order valence-corrected chi connectivity index (χ0v) is 11.6. The Hall–Kier alpha value is -1.75. The Morgan fingerprint density at radius 1 is 1.30 bits per heavy atom. The van der Waals surface area contributed by atoms with Crippen LogP contribution in [-0.4, -0.2) is 38.3 Å². The molecule has 5 heteroatoms.